The van der Waals surface area contributed by atoms with Crippen molar-refractivity contribution in [2.24, 2.45) is 0 Å². The standard InChI is InChI=1S/C15H21Cl2NO3/c16-12-6-7-14(13(17)11-12)21-10-4-5-15(20)18-8-2-1-3-9-19/h6-7,11,19H,1-5,8-10H2,(H,18,20). The van der Waals surface area contributed by atoms with E-state index in [1.54, 1.807) is 18.2 Å². The molecule has 0 aliphatic heterocycles. The van der Waals surface area contributed by atoms with Crippen LogP contribution in [0.4, 0.5) is 0 Å². The molecule has 1 rings (SSSR count). The van der Waals surface area contributed by atoms with Crippen molar-refractivity contribution in [1.29, 1.82) is 0 Å². The van der Waals surface area contributed by atoms with Crippen LogP contribution in [0.2, 0.25) is 10.0 Å². The number of aliphatic hydroxyl groups is 1. The van der Waals surface area contributed by atoms with Gasteiger partial charge in [0.05, 0.1) is 11.6 Å². The van der Waals surface area contributed by atoms with Gasteiger partial charge in [-0.1, -0.05) is 23.2 Å². The summed E-state index contributed by atoms with van der Waals surface area (Å²) in [4.78, 5) is 11.5. The average Bonchev–Trinajstić information content (AvgIpc) is 2.45. The number of ether oxygens (including phenoxy) is 1. The highest BCUT2D eigenvalue weighted by molar-refractivity contribution is 6.35. The largest absolute Gasteiger partial charge is 0.492 e. The van der Waals surface area contributed by atoms with Gasteiger partial charge >= 0.3 is 0 Å². The van der Waals surface area contributed by atoms with Crippen molar-refractivity contribution in [3.63, 3.8) is 0 Å². The number of halogens is 2. The second-order valence-electron chi connectivity index (χ2n) is 4.66. The van der Waals surface area contributed by atoms with Crippen LogP contribution in [-0.4, -0.2) is 30.8 Å². The monoisotopic (exact) mass is 333 g/mol. The summed E-state index contributed by atoms with van der Waals surface area (Å²) < 4.78 is 5.50. The van der Waals surface area contributed by atoms with Gasteiger partial charge in [0.1, 0.15) is 5.75 Å². The zero-order valence-corrected chi connectivity index (χ0v) is 13.4. The Bertz CT molecular complexity index is 441. The summed E-state index contributed by atoms with van der Waals surface area (Å²) in [5, 5.41) is 12.5. The molecule has 6 heteroatoms. The highest BCUT2D eigenvalue weighted by atomic mass is 35.5. The number of benzene rings is 1. The lowest BCUT2D eigenvalue weighted by atomic mass is 10.2. The summed E-state index contributed by atoms with van der Waals surface area (Å²) in [6, 6.07) is 5.05. The zero-order chi connectivity index (χ0) is 15.5. The summed E-state index contributed by atoms with van der Waals surface area (Å²) in [6.45, 7) is 1.29. The van der Waals surface area contributed by atoms with Crippen LogP contribution in [-0.2, 0) is 4.79 Å². The van der Waals surface area contributed by atoms with Crippen LogP contribution in [0.1, 0.15) is 32.1 Å². The number of nitrogens with one attached hydrogen (secondary N) is 1. The predicted molar refractivity (Wildman–Crippen MR) is 85.1 cm³/mol. The number of rotatable bonds is 10. The number of carbonyl (C=O) groups excluding carboxylic acids is 1. The van der Waals surface area contributed by atoms with E-state index in [9.17, 15) is 4.79 Å². The fourth-order valence-electron chi connectivity index (χ4n) is 1.74. The fraction of sp³-hybridized carbons (Fsp3) is 0.533. The number of carbonyl (C=O) groups is 1. The van der Waals surface area contributed by atoms with Crippen molar-refractivity contribution in [3.05, 3.63) is 28.2 Å². The molecule has 118 valence electrons. The Labute approximate surface area is 135 Å². The summed E-state index contributed by atoms with van der Waals surface area (Å²) in [5.41, 5.74) is 0. The molecule has 4 nitrogen and oxygen atoms in total. The van der Waals surface area contributed by atoms with Crippen LogP contribution >= 0.6 is 23.2 Å². The Kier molecular flexibility index (Phi) is 9.22. The molecule has 0 atom stereocenters. The summed E-state index contributed by atoms with van der Waals surface area (Å²) in [7, 11) is 0. The smallest absolute Gasteiger partial charge is 0.220 e. The topological polar surface area (TPSA) is 58.6 Å². The number of hydrogen-bond donors (Lipinski definition) is 2. The Morgan fingerprint density at radius 3 is 2.71 bits per heavy atom. The minimum absolute atomic E-state index is 0.0183. The summed E-state index contributed by atoms with van der Waals surface area (Å²) in [6.07, 6.45) is 3.65. The molecule has 1 aromatic carbocycles. The highest BCUT2D eigenvalue weighted by Gasteiger charge is 2.04. The van der Waals surface area contributed by atoms with Crippen molar-refractivity contribution in [2.45, 2.75) is 32.1 Å². The molecule has 0 unspecified atom stereocenters. The first-order valence-electron chi connectivity index (χ1n) is 7.09. The third-order valence-electron chi connectivity index (χ3n) is 2.86. The molecule has 2 N–H and O–H groups in total. The molecular formula is C15H21Cl2NO3. The Balaban J connectivity index is 2.09. The van der Waals surface area contributed by atoms with Gasteiger partial charge < -0.3 is 15.2 Å². The normalized spacial score (nSPS) is 10.4. The fourth-order valence-corrected chi connectivity index (χ4v) is 2.20. The van der Waals surface area contributed by atoms with Crippen LogP contribution in [0.15, 0.2) is 18.2 Å². The van der Waals surface area contributed by atoms with Gasteiger partial charge in [0.2, 0.25) is 5.91 Å². The van der Waals surface area contributed by atoms with Gasteiger partial charge in [-0.05, 0) is 43.9 Å². The third-order valence-corrected chi connectivity index (χ3v) is 3.39. The van der Waals surface area contributed by atoms with Gasteiger partial charge in [-0.3, -0.25) is 4.79 Å². The second kappa shape index (κ2) is 10.7. The van der Waals surface area contributed by atoms with E-state index in [1.807, 2.05) is 0 Å². The zero-order valence-electron chi connectivity index (χ0n) is 11.9. The molecule has 0 bridgehead atoms. The van der Waals surface area contributed by atoms with E-state index in [4.69, 9.17) is 33.0 Å². The maximum atomic E-state index is 11.5. The predicted octanol–water partition coefficient (Wildman–Crippen LogP) is 3.43. The summed E-state index contributed by atoms with van der Waals surface area (Å²) in [5.74, 6) is 0.593. The van der Waals surface area contributed by atoms with Gasteiger partial charge in [0, 0.05) is 24.6 Å². The molecule has 0 aliphatic rings. The molecule has 0 radical (unpaired) electrons. The van der Waals surface area contributed by atoms with Crippen LogP contribution in [0.3, 0.4) is 0 Å². The molecule has 0 aliphatic carbocycles. The Morgan fingerprint density at radius 1 is 1.19 bits per heavy atom. The summed E-state index contributed by atoms with van der Waals surface area (Å²) >= 11 is 11.8. The number of amides is 1. The maximum absolute atomic E-state index is 11.5. The lowest BCUT2D eigenvalue weighted by molar-refractivity contribution is -0.121. The molecule has 21 heavy (non-hydrogen) atoms. The lowest BCUT2D eigenvalue weighted by Gasteiger charge is -2.08. The minimum atomic E-state index is 0.0183. The van der Waals surface area contributed by atoms with Crippen molar-refractivity contribution < 1.29 is 14.6 Å². The molecule has 0 aromatic heterocycles. The first-order valence-corrected chi connectivity index (χ1v) is 7.84. The molecule has 0 heterocycles. The van der Waals surface area contributed by atoms with E-state index in [0.29, 0.717) is 41.8 Å². The molecule has 0 spiro atoms. The first kappa shape index (κ1) is 18.1. The van der Waals surface area contributed by atoms with Crippen molar-refractivity contribution in [3.8, 4) is 5.75 Å². The van der Waals surface area contributed by atoms with Crippen molar-refractivity contribution >= 4 is 29.1 Å². The number of aliphatic hydroxyl groups excluding tert-OH is 1. The molecule has 0 saturated carbocycles. The van der Waals surface area contributed by atoms with Gasteiger partial charge in [0.25, 0.3) is 0 Å². The van der Waals surface area contributed by atoms with Crippen molar-refractivity contribution in [1.82, 2.24) is 5.32 Å². The van der Waals surface area contributed by atoms with Crippen LogP contribution in [0, 0.1) is 0 Å². The van der Waals surface area contributed by atoms with Gasteiger partial charge in [-0.15, -0.1) is 0 Å². The Morgan fingerprint density at radius 2 is 2.00 bits per heavy atom. The quantitative estimate of drug-likeness (QED) is 0.645. The van der Waals surface area contributed by atoms with E-state index < -0.39 is 0 Å². The van der Waals surface area contributed by atoms with Gasteiger partial charge in [-0.25, -0.2) is 0 Å². The third kappa shape index (κ3) is 8.15. The SMILES string of the molecule is O=C(CCCOc1ccc(Cl)cc1Cl)NCCCCCO. The molecular weight excluding hydrogens is 313 g/mol. The van der Waals surface area contributed by atoms with Gasteiger partial charge in [-0.2, -0.15) is 0 Å². The lowest BCUT2D eigenvalue weighted by Crippen LogP contribution is -2.24. The molecule has 0 fully saturated rings. The van der Waals surface area contributed by atoms with Crippen molar-refractivity contribution in [2.75, 3.05) is 19.8 Å². The van der Waals surface area contributed by atoms with Crippen LogP contribution < -0.4 is 10.1 Å². The molecule has 1 aromatic rings. The molecule has 0 saturated heterocycles. The van der Waals surface area contributed by atoms with E-state index in [-0.39, 0.29) is 12.5 Å². The Hall–Kier alpha value is -0.970. The maximum Gasteiger partial charge on any atom is 0.220 e. The van der Waals surface area contributed by atoms with E-state index in [1.165, 1.54) is 0 Å². The van der Waals surface area contributed by atoms with Crippen LogP contribution in [0.25, 0.3) is 0 Å². The molecule has 1 amide bonds. The average molecular weight is 334 g/mol. The van der Waals surface area contributed by atoms with E-state index in [0.717, 1.165) is 19.3 Å². The number of unbranched alkanes of at least 4 members (excludes halogenated alkanes) is 2. The van der Waals surface area contributed by atoms with Gasteiger partial charge in [0.15, 0.2) is 0 Å². The van der Waals surface area contributed by atoms with E-state index in [2.05, 4.69) is 5.32 Å². The number of hydrogen-bond acceptors (Lipinski definition) is 3. The first-order chi connectivity index (χ1) is 10.1. The highest BCUT2D eigenvalue weighted by Crippen LogP contribution is 2.27. The minimum Gasteiger partial charge on any atom is -0.492 e. The van der Waals surface area contributed by atoms with E-state index >= 15 is 0 Å². The second-order valence-corrected chi connectivity index (χ2v) is 5.50. The van der Waals surface area contributed by atoms with Crippen LogP contribution in [0.5, 0.6) is 5.75 Å².